The molecular weight excluding hydrogens is 336 g/mol. The van der Waals surface area contributed by atoms with Crippen LogP contribution in [0.2, 0.25) is 0 Å². The number of aromatic nitrogens is 2. The average molecular weight is 351 g/mol. The van der Waals surface area contributed by atoms with Crippen LogP contribution in [-0.2, 0) is 14.6 Å². The molecule has 2 N–H and O–H groups in total. The highest BCUT2D eigenvalue weighted by Crippen LogP contribution is 2.18. The molecule has 24 heavy (non-hydrogen) atoms. The smallest absolute Gasteiger partial charge is 0.257 e. The van der Waals surface area contributed by atoms with E-state index in [2.05, 4.69) is 15.3 Å². The maximum Gasteiger partial charge on any atom is 0.257 e. The molecule has 0 saturated carbocycles. The number of hydrogen-bond acceptors (Lipinski definition) is 6. The first-order valence-electron chi connectivity index (χ1n) is 6.91. The summed E-state index contributed by atoms with van der Waals surface area (Å²) in [5, 5.41) is 12.6. The molecule has 0 saturated heterocycles. The third kappa shape index (κ3) is 4.36. The highest BCUT2D eigenvalue weighted by atomic mass is 32.2. The lowest BCUT2D eigenvalue weighted by Gasteiger charge is -2.22. The van der Waals surface area contributed by atoms with Gasteiger partial charge >= 0.3 is 0 Å². The van der Waals surface area contributed by atoms with Gasteiger partial charge < -0.3 is 10.4 Å². The van der Waals surface area contributed by atoms with Crippen LogP contribution in [0.25, 0.3) is 0 Å². The Morgan fingerprint density at radius 2 is 1.83 bits per heavy atom. The zero-order valence-corrected chi connectivity index (χ0v) is 13.8. The molecule has 0 aliphatic heterocycles. The standard InChI is InChI=1S/C14H15BFN3O4S/c1-14(21,12(20)19-10-6-17-13(15)18-7-10)8-24(22,23)11-4-2-9(16)3-5-11/h2-7,21H,8,15H2,1H3,(H,19,20)/t14-/m0/s1. The molecule has 0 radical (unpaired) electrons. The van der Waals surface area contributed by atoms with Crippen LogP contribution in [0.3, 0.4) is 0 Å². The Hall–Kier alpha value is -2.33. The van der Waals surface area contributed by atoms with Gasteiger partial charge in [0.1, 0.15) is 5.82 Å². The number of aliphatic hydroxyl groups is 1. The molecule has 1 aromatic heterocycles. The summed E-state index contributed by atoms with van der Waals surface area (Å²) < 4.78 is 37.4. The van der Waals surface area contributed by atoms with Crippen molar-refractivity contribution in [3.05, 3.63) is 42.5 Å². The van der Waals surface area contributed by atoms with Gasteiger partial charge in [-0.15, -0.1) is 0 Å². The van der Waals surface area contributed by atoms with Gasteiger partial charge in [-0.05, 0) is 31.2 Å². The fourth-order valence-corrected chi connectivity index (χ4v) is 3.47. The molecule has 1 heterocycles. The van der Waals surface area contributed by atoms with Crippen molar-refractivity contribution in [2.75, 3.05) is 11.1 Å². The van der Waals surface area contributed by atoms with Gasteiger partial charge in [-0.1, -0.05) is 0 Å². The zero-order chi connectivity index (χ0) is 18.0. The van der Waals surface area contributed by atoms with E-state index in [1.165, 1.54) is 12.4 Å². The lowest BCUT2D eigenvalue weighted by molar-refractivity contribution is -0.130. The Balaban J connectivity index is 2.15. The van der Waals surface area contributed by atoms with Crippen molar-refractivity contribution in [1.82, 2.24) is 9.97 Å². The van der Waals surface area contributed by atoms with E-state index < -0.39 is 32.9 Å². The number of nitrogens with one attached hydrogen (secondary N) is 1. The maximum atomic E-state index is 12.9. The van der Waals surface area contributed by atoms with Gasteiger partial charge in [0.15, 0.2) is 23.3 Å². The second-order valence-corrected chi connectivity index (χ2v) is 7.45. The average Bonchev–Trinajstić information content (AvgIpc) is 2.49. The van der Waals surface area contributed by atoms with E-state index >= 15 is 0 Å². The molecule has 0 aliphatic carbocycles. The largest absolute Gasteiger partial charge is 0.379 e. The first kappa shape index (κ1) is 18.0. The Morgan fingerprint density at radius 3 is 2.38 bits per heavy atom. The Kier molecular flexibility index (Phi) is 5.00. The fourth-order valence-electron chi connectivity index (χ4n) is 1.88. The lowest BCUT2D eigenvalue weighted by Crippen LogP contribution is -2.45. The van der Waals surface area contributed by atoms with Crippen LogP contribution in [0, 0.1) is 5.82 Å². The maximum absolute atomic E-state index is 12.9. The molecule has 1 aromatic carbocycles. The Bertz CT molecular complexity index is 839. The van der Waals surface area contributed by atoms with Crippen LogP contribution in [0.1, 0.15) is 6.92 Å². The van der Waals surface area contributed by atoms with Crippen molar-refractivity contribution in [3.63, 3.8) is 0 Å². The molecule has 0 spiro atoms. The third-order valence-corrected chi connectivity index (χ3v) is 5.10. The number of hydrogen-bond donors (Lipinski definition) is 2. The van der Waals surface area contributed by atoms with Crippen LogP contribution in [0.4, 0.5) is 10.1 Å². The van der Waals surface area contributed by atoms with Crippen molar-refractivity contribution in [3.8, 4) is 0 Å². The van der Waals surface area contributed by atoms with Gasteiger partial charge in [0.25, 0.3) is 5.91 Å². The van der Waals surface area contributed by atoms with Gasteiger partial charge in [0.2, 0.25) is 0 Å². The van der Waals surface area contributed by atoms with E-state index in [0.29, 0.717) is 5.72 Å². The molecule has 0 aliphatic rings. The Labute approximate surface area is 139 Å². The van der Waals surface area contributed by atoms with Crippen molar-refractivity contribution in [2.45, 2.75) is 17.4 Å². The monoisotopic (exact) mass is 351 g/mol. The normalized spacial score (nSPS) is 14.0. The molecule has 10 heteroatoms. The molecule has 7 nitrogen and oxygen atoms in total. The number of carbonyl (C=O) groups is 1. The van der Waals surface area contributed by atoms with E-state index in [1.807, 2.05) is 0 Å². The Morgan fingerprint density at radius 1 is 1.29 bits per heavy atom. The molecule has 2 rings (SSSR count). The summed E-state index contributed by atoms with van der Waals surface area (Å²) in [6.45, 7) is 1.08. The second kappa shape index (κ2) is 6.66. The predicted molar refractivity (Wildman–Crippen MR) is 87.9 cm³/mol. The topological polar surface area (TPSA) is 109 Å². The van der Waals surface area contributed by atoms with Crippen LogP contribution in [-0.4, -0.2) is 48.6 Å². The number of nitrogens with zero attached hydrogens (tertiary/aromatic N) is 2. The first-order valence-corrected chi connectivity index (χ1v) is 8.56. The third-order valence-electron chi connectivity index (χ3n) is 3.17. The number of halogens is 1. The minimum atomic E-state index is -3.99. The highest BCUT2D eigenvalue weighted by Gasteiger charge is 2.36. The summed E-state index contributed by atoms with van der Waals surface area (Å²) >= 11 is 0. The molecule has 0 bridgehead atoms. The van der Waals surface area contributed by atoms with Gasteiger partial charge in [0.05, 0.1) is 34.5 Å². The van der Waals surface area contributed by atoms with Gasteiger partial charge in [-0.25, -0.2) is 12.8 Å². The van der Waals surface area contributed by atoms with Crippen LogP contribution >= 0.6 is 0 Å². The quantitative estimate of drug-likeness (QED) is 0.530. The van der Waals surface area contributed by atoms with Crippen LogP contribution in [0.15, 0.2) is 41.6 Å². The number of carbonyl (C=O) groups excluding carboxylic acids is 1. The molecule has 126 valence electrons. The number of amides is 1. The molecule has 1 atom stereocenters. The molecule has 2 aromatic rings. The minimum absolute atomic E-state index is 0.185. The number of anilines is 1. The van der Waals surface area contributed by atoms with E-state index in [-0.39, 0.29) is 10.6 Å². The number of rotatable bonds is 5. The van der Waals surface area contributed by atoms with Crippen molar-refractivity contribution < 1.29 is 22.7 Å². The molecule has 0 unspecified atom stereocenters. The molecule has 1 amide bonds. The summed E-state index contributed by atoms with van der Waals surface area (Å²) in [4.78, 5) is 19.7. The summed E-state index contributed by atoms with van der Waals surface area (Å²) in [6.07, 6.45) is 2.68. The second-order valence-electron chi connectivity index (χ2n) is 5.46. The minimum Gasteiger partial charge on any atom is -0.379 e. The fraction of sp³-hybridized carbons (Fsp3) is 0.214. The van der Waals surface area contributed by atoms with Crippen molar-refractivity contribution in [1.29, 1.82) is 0 Å². The van der Waals surface area contributed by atoms with E-state index in [1.54, 1.807) is 7.85 Å². The van der Waals surface area contributed by atoms with Gasteiger partial charge in [0, 0.05) is 0 Å². The van der Waals surface area contributed by atoms with E-state index in [0.717, 1.165) is 31.2 Å². The van der Waals surface area contributed by atoms with Gasteiger partial charge in [-0.2, -0.15) is 0 Å². The molecule has 0 fully saturated rings. The summed E-state index contributed by atoms with van der Waals surface area (Å²) in [7, 11) is -2.32. The summed E-state index contributed by atoms with van der Waals surface area (Å²) in [5.74, 6) is -2.36. The van der Waals surface area contributed by atoms with E-state index in [4.69, 9.17) is 0 Å². The summed E-state index contributed by atoms with van der Waals surface area (Å²) in [5.41, 5.74) is -1.47. The lowest BCUT2D eigenvalue weighted by atomic mass is 10.1. The first-order chi connectivity index (χ1) is 11.1. The zero-order valence-electron chi connectivity index (χ0n) is 13.0. The SMILES string of the molecule is Bc1ncc(NC(=O)[C@@](C)(O)CS(=O)(=O)c2ccc(F)cc2)cn1. The van der Waals surface area contributed by atoms with Crippen LogP contribution in [0.5, 0.6) is 0 Å². The van der Waals surface area contributed by atoms with Crippen LogP contribution < -0.4 is 11.0 Å². The van der Waals surface area contributed by atoms with Crippen molar-refractivity contribution in [2.24, 2.45) is 0 Å². The van der Waals surface area contributed by atoms with E-state index in [9.17, 15) is 22.7 Å². The molecular formula is C14H15BFN3O4S. The highest BCUT2D eigenvalue weighted by molar-refractivity contribution is 7.91. The number of benzene rings is 1. The van der Waals surface area contributed by atoms with Gasteiger partial charge in [-0.3, -0.25) is 14.8 Å². The predicted octanol–water partition coefficient (Wildman–Crippen LogP) is -0.963. The van der Waals surface area contributed by atoms with Crippen molar-refractivity contribution >= 4 is 35.0 Å². The number of sulfone groups is 1. The summed E-state index contributed by atoms with van der Waals surface area (Å²) in [6, 6.07) is 4.13.